The van der Waals surface area contributed by atoms with Gasteiger partial charge in [0.15, 0.2) is 0 Å². The van der Waals surface area contributed by atoms with Crippen LogP contribution in [0.25, 0.3) is 0 Å². The first kappa shape index (κ1) is 8.57. The van der Waals surface area contributed by atoms with Crippen LogP contribution in [0.3, 0.4) is 0 Å². The molecular weight excluding hydrogens is 274 g/mol. The zero-order chi connectivity index (χ0) is 7.72. The first-order chi connectivity index (χ1) is 4.63. The van der Waals surface area contributed by atoms with Crippen LogP contribution in [0.5, 0.6) is 5.75 Å². The summed E-state index contributed by atoms with van der Waals surface area (Å²) in [7, 11) is 0. The minimum atomic E-state index is 0.125. The molecule has 0 saturated heterocycles. The van der Waals surface area contributed by atoms with Crippen molar-refractivity contribution in [2.75, 3.05) is 0 Å². The van der Waals surface area contributed by atoms with Crippen molar-refractivity contribution in [3.8, 4) is 5.75 Å². The van der Waals surface area contributed by atoms with E-state index in [0.29, 0.717) is 10.0 Å². The molecule has 1 nitrogen and oxygen atoms in total. The van der Waals surface area contributed by atoms with Crippen LogP contribution in [-0.2, 0) is 0 Å². The van der Waals surface area contributed by atoms with Crippen molar-refractivity contribution in [2.24, 2.45) is 0 Å². The fraction of sp³-hybridized carbons (Fsp3) is 0. The zero-order valence-electron chi connectivity index (χ0n) is 5.36. The van der Waals surface area contributed by atoms with Crippen LogP contribution in [0.4, 0.5) is 0 Å². The Bertz CT molecular complexity index is 235. The van der Waals surface area contributed by atoms with Gasteiger partial charge in [-0.2, -0.15) is 0 Å². The van der Waals surface area contributed by atoms with E-state index in [-0.39, 0.29) is 30.1 Å². The fourth-order valence-corrected chi connectivity index (χ4v) is 2.22. The zero-order valence-corrected chi connectivity index (χ0v) is 12.6. The molecule has 0 heterocycles. The van der Waals surface area contributed by atoms with E-state index >= 15 is 0 Å². The first-order valence-corrected chi connectivity index (χ1v) is 6.37. The summed E-state index contributed by atoms with van der Waals surface area (Å²) in [6.45, 7) is 0. The van der Waals surface area contributed by atoms with Gasteiger partial charge in [-0.05, 0) is 0 Å². The van der Waals surface area contributed by atoms with Crippen molar-refractivity contribution in [3.05, 3.63) is 22.2 Å². The normalized spacial score (nSPS) is 9.80. The molecule has 1 N–H and O–H groups in total. The van der Waals surface area contributed by atoms with Crippen molar-refractivity contribution in [3.63, 3.8) is 0 Å². The summed E-state index contributed by atoms with van der Waals surface area (Å²) in [6.07, 6.45) is 0. The number of hydrogen-bond acceptors (Lipinski definition) is 1. The molecule has 0 aliphatic heterocycles. The topological polar surface area (TPSA) is 20.2 Å². The number of aromatic hydroxyl groups is 1. The van der Waals surface area contributed by atoms with Gasteiger partial charge in [0.1, 0.15) is 0 Å². The van der Waals surface area contributed by atoms with Crippen LogP contribution in [0.2, 0.25) is 10.0 Å². The van der Waals surface area contributed by atoms with E-state index in [0.717, 1.165) is 3.32 Å². The molecule has 0 radical (unpaired) electrons. The third kappa shape index (κ3) is 1.55. The van der Waals surface area contributed by atoms with Crippen molar-refractivity contribution < 1.29 is 5.11 Å². The molecule has 0 bridgehead atoms. The van der Waals surface area contributed by atoms with Crippen molar-refractivity contribution in [2.45, 2.75) is 0 Å². The van der Waals surface area contributed by atoms with E-state index in [1.54, 1.807) is 6.07 Å². The van der Waals surface area contributed by atoms with Gasteiger partial charge < -0.3 is 0 Å². The quantitative estimate of drug-likeness (QED) is 0.750. The van der Waals surface area contributed by atoms with Crippen LogP contribution >= 0.6 is 23.2 Å². The third-order valence-corrected chi connectivity index (χ3v) is 6.96. The summed E-state index contributed by atoms with van der Waals surface area (Å²) in [5.41, 5.74) is 0. The van der Waals surface area contributed by atoms with Crippen LogP contribution in [-0.4, -0.2) is 29.5 Å². The van der Waals surface area contributed by atoms with Gasteiger partial charge in [-0.1, -0.05) is 0 Å². The molecule has 10 heavy (non-hydrogen) atoms. The van der Waals surface area contributed by atoms with Crippen molar-refractivity contribution in [1.29, 1.82) is 0 Å². The molecule has 1 aromatic carbocycles. The molecule has 0 unspecified atom stereocenters. The standard InChI is InChI=1S/C6H3Cl2O.In.2H/c7-4-1-2-6(9)5(8)3-4;;;/h1-2,9H;;;. The first-order valence-electron chi connectivity index (χ1n) is 2.76. The molecule has 0 amide bonds. The maximum absolute atomic E-state index is 9.07. The Morgan fingerprint density at radius 1 is 1.30 bits per heavy atom. The van der Waals surface area contributed by atoms with E-state index in [2.05, 4.69) is 0 Å². The summed E-state index contributed by atoms with van der Waals surface area (Å²) in [5, 5.41) is 10.2. The van der Waals surface area contributed by atoms with Crippen molar-refractivity contribution >= 4 is 50.9 Å². The van der Waals surface area contributed by atoms with Crippen molar-refractivity contribution in [1.82, 2.24) is 0 Å². The maximum atomic E-state index is 9.07. The SMILES string of the molecule is Oc1ccc(Cl)[c]([InH2])c1Cl. The Balaban J connectivity index is 3.34. The molecule has 52 valence electrons. The second-order valence-corrected chi connectivity index (χ2v) is 5.64. The van der Waals surface area contributed by atoms with E-state index in [1.807, 2.05) is 0 Å². The van der Waals surface area contributed by atoms with E-state index in [9.17, 15) is 0 Å². The molecule has 0 aliphatic rings. The minimum absolute atomic E-state index is 0.125. The molecule has 1 rings (SSSR count). The Morgan fingerprint density at radius 2 is 1.90 bits per heavy atom. The molecule has 0 atom stereocenters. The Hall–Kier alpha value is 0.470. The molecule has 4 heteroatoms. The number of benzene rings is 1. The van der Waals surface area contributed by atoms with Gasteiger partial charge in [-0.15, -0.1) is 0 Å². The summed E-state index contributed by atoms with van der Waals surface area (Å²) in [6, 6.07) is 3.17. The number of phenolic OH excluding ortho intramolecular Hbond substituents is 1. The van der Waals surface area contributed by atoms with Gasteiger partial charge in [0.2, 0.25) is 0 Å². The second kappa shape index (κ2) is 3.24. The van der Waals surface area contributed by atoms with E-state index < -0.39 is 0 Å². The van der Waals surface area contributed by atoms with Crippen LogP contribution < -0.4 is 3.32 Å². The number of phenols is 1. The van der Waals surface area contributed by atoms with Gasteiger partial charge in [-0.3, -0.25) is 0 Å². The summed E-state index contributed by atoms with van der Waals surface area (Å²) in [5.74, 6) is 0.125. The predicted molar refractivity (Wildman–Crippen MR) is 46.3 cm³/mol. The van der Waals surface area contributed by atoms with E-state index in [4.69, 9.17) is 28.3 Å². The van der Waals surface area contributed by atoms with Crippen LogP contribution in [0.15, 0.2) is 12.1 Å². The molecule has 0 spiro atoms. The summed E-state index contributed by atoms with van der Waals surface area (Å²) >= 11 is 11.7. The molecular formula is C6H5Cl2InO. The van der Waals surface area contributed by atoms with Crippen LogP contribution in [0, 0.1) is 0 Å². The summed E-state index contributed by atoms with van der Waals surface area (Å²) in [4.78, 5) is 0. The second-order valence-electron chi connectivity index (χ2n) is 2.01. The Labute approximate surface area is 83.5 Å². The summed E-state index contributed by atoms with van der Waals surface area (Å²) < 4.78 is 0.921. The Kier molecular flexibility index (Phi) is 2.78. The van der Waals surface area contributed by atoms with E-state index in [1.165, 1.54) is 6.07 Å². The fourth-order valence-electron chi connectivity index (χ4n) is 0.647. The molecule has 0 saturated carbocycles. The predicted octanol–water partition coefficient (Wildman–Crippen LogP) is 0.957. The number of rotatable bonds is 0. The third-order valence-electron chi connectivity index (χ3n) is 1.30. The molecule has 0 aromatic heterocycles. The van der Waals surface area contributed by atoms with Gasteiger partial charge >= 0.3 is 83.9 Å². The molecule has 0 fully saturated rings. The molecule has 0 aliphatic carbocycles. The van der Waals surface area contributed by atoms with Gasteiger partial charge in [0.25, 0.3) is 0 Å². The Morgan fingerprint density at radius 3 is 2.40 bits per heavy atom. The average molecular weight is 279 g/mol. The number of halogens is 2. The van der Waals surface area contributed by atoms with Gasteiger partial charge in [0, 0.05) is 0 Å². The van der Waals surface area contributed by atoms with Crippen LogP contribution in [0.1, 0.15) is 0 Å². The average Bonchev–Trinajstić information content (AvgIpc) is 1.93. The molecule has 1 aromatic rings. The number of hydrogen-bond donors (Lipinski definition) is 1. The monoisotopic (exact) mass is 278 g/mol. The van der Waals surface area contributed by atoms with Gasteiger partial charge in [0.05, 0.1) is 0 Å². The van der Waals surface area contributed by atoms with Gasteiger partial charge in [-0.25, -0.2) is 0 Å².